The van der Waals surface area contributed by atoms with Gasteiger partial charge < -0.3 is 9.80 Å². The minimum Gasteiger partial charge on any atom is -0.372 e. The first-order valence-corrected chi connectivity index (χ1v) is 9.52. The van der Waals surface area contributed by atoms with Gasteiger partial charge in [-0.3, -0.25) is 9.48 Å². The zero-order valence-corrected chi connectivity index (χ0v) is 16.5. The molecule has 0 aliphatic carbocycles. The van der Waals surface area contributed by atoms with Gasteiger partial charge in [-0.1, -0.05) is 12.1 Å². The third-order valence-corrected chi connectivity index (χ3v) is 5.49. The number of hydrogen-bond donors (Lipinski definition) is 0. The Bertz CT molecular complexity index is 757. The lowest BCUT2D eigenvalue weighted by Crippen LogP contribution is -2.29. The van der Waals surface area contributed by atoms with Gasteiger partial charge in [0.15, 0.2) is 0 Å². The Labute approximate surface area is 156 Å². The fourth-order valence-electron chi connectivity index (χ4n) is 3.69. The zero-order chi connectivity index (χ0) is 18.7. The molecular weight excluding hydrogens is 324 g/mol. The molecule has 0 saturated carbocycles. The Kier molecular flexibility index (Phi) is 5.64. The summed E-state index contributed by atoms with van der Waals surface area (Å²) in [5.41, 5.74) is 5.52. The van der Waals surface area contributed by atoms with Crippen LogP contribution in [0.25, 0.3) is 0 Å². The quantitative estimate of drug-likeness (QED) is 0.828. The molecule has 2 heterocycles. The number of benzene rings is 1. The summed E-state index contributed by atoms with van der Waals surface area (Å²) in [5.74, 6) is 0.129. The molecule has 0 bridgehead atoms. The highest BCUT2D eigenvalue weighted by molar-refractivity contribution is 5.79. The Morgan fingerprint density at radius 3 is 2.35 bits per heavy atom. The number of piperidine rings is 1. The lowest BCUT2D eigenvalue weighted by molar-refractivity contribution is -0.129. The average Bonchev–Trinajstić information content (AvgIpc) is 2.89. The predicted molar refractivity (Wildman–Crippen MR) is 105 cm³/mol. The highest BCUT2D eigenvalue weighted by Gasteiger charge is 2.17. The van der Waals surface area contributed by atoms with Crippen molar-refractivity contribution in [2.75, 3.05) is 25.0 Å². The van der Waals surface area contributed by atoms with E-state index >= 15 is 0 Å². The van der Waals surface area contributed by atoms with Crippen molar-refractivity contribution in [1.82, 2.24) is 14.7 Å². The molecule has 1 aromatic carbocycles. The molecule has 0 unspecified atom stereocenters. The van der Waals surface area contributed by atoms with Gasteiger partial charge in [0, 0.05) is 50.7 Å². The SMILES string of the molecule is Cc1nn(C)c(C)c1CC(=O)N(C)Cc1ccc(N2CCCCC2)cc1. The zero-order valence-electron chi connectivity index (χ0n) is 16.5. The van der Waals surface area contributed by atoms with Gasteiger partial charge in [0.05, 0.1) is 12.1 Å². The molecule has 0 N–H and O–H groups in total. The van der Waals surface area contributed by atoms with E-state index in [1.54, 1.807) is 0 Å². The van der Waals surface area contributed by atoms with Crippen molar-refractivity contribution in [3.8, 4) is 0 Å². The highest BCUT2D eigenvalue weighted by atomic mass is 16.2. The topological polar surface area (TPSA) is 41.4 Å². The van der Waals surface area contributed by atoms with Crippen LogP contribution in [0.5, 0.6) is 0 Å². The number of amides is 1. The fraction of sp³-hybridized carbons (Fsp3) is 0.524. The smallest absolute Gasteiger partial charge is 0.227 e. The molecule has 2 aromatic rings. The maximum absolute atomic E-state index is 12.6. The van der Waals surface area contributed by atoms with E-state index < -0.39 is 0 Å². The summed E-state index contributed by atoms with van der Waals surface area (Å²) in [7, 11) is 3.80. The van der Waals surface area contributed by atoms with Gasteiger partial charge in [0.1, 0.15) is 0 Å². The Balaban J connectivity index is 1.60. The van der Waals surface area contributed by atoms with E-state index in [0.717, 1.165) is 30.0 Å². The van der Waals surface area contributed by atoms with Crippen LogP contribution in [-0.2, 0) is 24.8 Å². The van der Waals surface area contributed by atoms with Crippen LogP contribution in [-0.4, -0.2) is 40.7 Å². The molecule has 3 rings (SSSR count). The molecular formula is C21H30N4O. The van der Waals surface area contributed by atoms with Crippen molar-refractivity contribution < 1.29 is 4.79 Å². The molecule has 1 aliphatic rings. The molecule has 1 saturated heterocycles. The summed E-state index contributed by atoms with van der Waals surface area (Å²) in [4.78, 5) is 16.9. The first-order valence-electron chi connectivity index (χ1n) is 9.52. The van der Waals surface area contributed by atoms with Crippen LogP contribution < -0.4 is 4.90 Å². The molecule has 0 spiro atoms. The number of likely N-dealkylation sites (N-methyl/N-ethyl adjacent to an activating group) is 1. The monoisotopic (exact) mass is 354 g/mol. The summed E-state index contributed by atoms with van der Waals surface area (Å²) in [5, 5.41) is 4.40. The van der Waals surface area contributed by atoms with Crippen molar-refractivity contribution in [2.24, 2.45) is 7.05 Å². The minimum atomic E-state index is 0.129. The second-order valence-corrected chi connectivity index (χ2v) is 7.41. The molecule has 26 heavy (non-hydrogen) atoms. The number of aromatic nitrogens is 2. The largest absolute Gasteiger partial charge is 0.372 e. The summed E-state index contributed by atoms with van der Waals surface area (Å²) >= 11 is 0. The van der Waals surface area contributed by atoms with Crippen molar-refractivity contribution >= 4 is 11.6 Å². The van der Waals surface area contributed by atoms with Crippen molar-refractivity contribution in [2.45, 2.75) is 46.1 Å². The van der Waals surface area contributed by atoms with Crippen LogP contribution in [0, 0.1) is 13.8 Å². The van der Waals surface area contributed by atoms with Crippen LogP contribution in [0.15, 0.2) is 24.3 Å². The third kappa shape index (κ3) is 4.09. The number of anilines is 1. The van der Waals surface area contributed by atoms with E-state index in [4.69, 9.17) is 0 Å². The van der Waals surface area contributed by atoms with Crippen molar-refractivity contribution in [3.05, 3.63) is 46.8 Å². The first-order chi connectivity index (χ1) is 12.5. The van der Waals surface area contributed by atoms with Crippen LogP contribution in [0.3, 0.4) is 0 Å². The number of carbonyl (C=O) groups is 1. The summed E-state index contributed by atoms with van der Waals surface area (Å²) in [6, 6.07) is 8.67. The summed E-state index contributed by atoms with van der Waals surface area (Å²) in [6.07, 6.45) is 4.32. The van der Waals surface area contributed by atoms with E-state index in [1.807, 2.05) is 37.5 Å². The average molecular weight is 354 g/mol. The van der Waals surface area contributed by atoms with Crippen LogP contribution >= 0.6 is 0 Å². The van der Waals surface area contributed by atoms with E-state index in [0.29, 0.717) is 13.0 Å². The molecule has 5 heteroatoms. The van der Waals surface area contributed by atoms with Crippen molar-refractivity contribution in [3.63, 3.8) is 0 Å². The summed E-state index contributed by atoms with van der Waals surface area (Å²) < 4.78 is 1.84. The Morgan fingerprint density at radius 1 is 1.12 bits per heavy atom. The van der Waals surface area contributed by atoms with Gasteiger partial charge in [0.25, 0.3) is 0 Å². The maximum atomic E-state index is 12.6. The highest BCUT2D eigenvalue weighted by Crippen LogP contribution is 2.21. The summed E-state index contributed by atoms with van der Waals surface area (Å²) in [6.45, 7) is 6.93. The number of aryl methyl sites for hydroxylation is 2. The molecule has 0 atom stereocenters. The van der Waals surface area contributed by atoms with Crippen LogP contribution in [0.4, 0.5) is 5.69 Å². The standard InChI is InChI=1S/C21H30N4O/c1-16-20(17(2)24(4)22-16)14-21(26)23(3)15-18-8-10-19(11-9-18)25-12-6-5-7-13-25/h8-11H,5-7,12-15H2,1-4H3. The fourth-order valence-corrected chi connectivity index (χ4v) is 3.69. The molecule has 1 aromatic heterocycles. The van der Waals surface area contributed by atoms with E-state index in [9.17, 15) is 4.79 Å². The normalized spacial score (nSPS) is 14.5. The van der Waals surface area contributed by atoms with E-state index in [1.165, 1.54) is 30.5 Å². The molecule has 1 amide bonds. The molecule has 1 aliphatic heterocycles. The van der Waals surface area contributed by atoms with E-state index in [-0.39, 0.29) is 5.91 Å². The molecule has 5 nitrogen and oxygen atoms in total. The van der Waals surface area contributed by atoms with Gasteiger partial charge in [-0.2, -0.15) is 5.10 Å². The maximum Gasteiger partial charge on any atom is 0.227 e. The second kappa shape index (κ2) is 7.94. The van der Waals surface area contributed by atoms with Gasteiger partial charge in [-0.25, -0.2) is 0 Å². The molecule has 1 fully saturated rings. The number of hydrogen-bond acceptors (Lipinski definition) is 3. The molecule has 140 valence electrons. The van der Waals surface area contributed by atoms with Gasteiger partial charge in [-0.05, 0) is 50.8 Å². The number of nitrogens with zero attached hydrogens (tertiary/aromatic N) is 4. The minimum absolute atomic E-state index is 0.129. The third-order valence-electron chi connectivity index (χ3n) is 5.49. The Hall–Kier alpha value is -2.30. The van der Waals surface area contributed by atoms with Crippen LogP contribution in [0.2, 0.25) is 0 Å². The lowest BCUT2D eigenvalue weighted by Gasteiger charge is -2.29. The number of rotatable bonds is 5. The van der Waals surface area contributed by atoms with Gasteiger partial charge in [0.2, 0.25) is 5.91 Å². The molecule has 0 radical (unpaired) electrons. The van der Waals surface area contributed by atoms with Crippen LogP contribution in [0.1, 0.15) is 41.8 Å². The van der Waals surface area contributed by atoms with E-state index in [2.05, 4.69) is 34.3 Å². The van der Waals surface area contributed by atoms with Gasteiger partial charge >= 0.3 is 0 Å². The second-order valence-electron chi connectivity index (χ2n) is 7.41. The van der Waals surface area contributed by atoms with Gasteiger partial charge in [-0.15, -0.1) is 0 Å². The predicted octanol–water partition coefficient (Wildman–Crippen LogP) is 3.23. The number of carbonyl (C=O) groups excluding carboxylic acids is 1. The lowest BCUT2D eigenvalue weighted by atomic mass is 10.1. The van der Waals surface area contributed by atoms with Crippen molar-refractivity contribution in [1.29, 1.82) is 0 Å². The first kappa shape index (κ1) is 18.5. The Morgan fingerprint density at radius 2 is 1.77 bits per heavy atom.